The van der Waals surface area contributed by atoms with Crippen molar-refractivity contribution in [3.8, 4) is 11.6 Å². The molecule has 2 N–H and O–H groups in total. The highest BCUT2D eigenvalue weighted by Crippen LogP contribution is 2.20. The minimum absolute atomic E-state index is 0.0924. The van der Waals surface area contributed by atoms with Gasteiger partial charge in [0.15, 0.2) is 11.5 Å². The molecule has 1 unspecified atom stereocenters. The van der Waals surface area contributed by atoms with E-state index in [1.165, 1.54) is 6.26 Å². The Morgan fingerprint density at radius 3 is 2.83 bits per heavy atom. The molecule has 18 heavy (non-hydrogen) atoms. The second-order valence-corrected chi connectivity index (χ2v) is 4.59. The van der Waals surface area contributed by atoms with Gasteiger partial charge in [0.1, 0.15) is 11.8 Å². The highest BCUT2D eigenvalue weighted by atomic mass is 16.5. The van der Waals surface area contributed by atoms with E-state index in [9.17, 15) is 0 Å². The molecule has 0 radical (unpaired) electrons. The fraction of sp³-hybridized carbons (Fsp3) is 0.545. The molecule has 0 bridgehead atoms. The summed E-state index contributed by atoms with van der Waals surface area (Å²) in [6.45, 7) is 5.97. The minimum Gasteiger partial charge on any atom is -0.376 e. The number of hydrogen-bond acceptors (Lipinski definition) is 7. The molecule has 0 amide bonds. The van der Waals surface area contributed by atoms with Gasteiger partial charge in [-0.3, -0.25) is 0 Å². The summed E-state index contributed by atoms with van der Waals surface area (Å²) < 4.78 is 15.3. The maximum Gasteiger partial charge on any atom is 0.280 e. The van der Waals surface area contributed by atoms with Crippen LogP contribution in [0.5, 0.6) is 0 Å². The second kappa shape index (κ2) is 4.87. The van der Waals surface area contributed by atoms with Gasteiger partial charge in [0.2, 0.25) is 0 Å². The van der Waals surface area contributed by atoms with E-state index >= 15 is 0 Å². The topological polar surface area (TPSA) is 100 Å². The Labute approximate surface area is 104 Å². The van der Waals surface area contributed by atoms with Gasteiger partial charge in [0.25, 0.3) is 5.89 Å². The highest BCUT2D eigenvalue weighted by molar-refractivity contribution is 5.44. The van der Waals surface area contributed by atoms with E-state index in [1.54, 1.807) is 13.0 Å². The van der Waals surface area contributed by atoms with Gasteiger partial charge in [-0.2, -0.15) is 4.98 Å². The molecule has 1 atom stereocenters. The van der Waals surface area contributed by atoms with Crippen molar-refractivity contribution in [2.45, 2.75) is 32.4 Å². The van der Waals surface area contributed by atoms with Gasteiger partial charge < -0.3 is 19.5 Å². The molecule has 0 aliphatic rings. The van der Waals surface area contributed by atoms with Crippen molar-refractivity contribution in [2.24, 2.45) is 5.73 Å². The van der Waals surface area contributed by atoms with Gasteiger partial charge in [0.05, 0.1) is 12.7 Å². The van der Waals surface area contributed by atoms with Crippen LogP contribution in [0.3, 0.4) is 0 Å². The Kier molecular flexibility index (Phi) is 3.44. The lowest BCUT2D eigenvalue weighted by atomic mass is 10.1. The molecule has 98 valence electrons. The Morgan fingerprint density at radius 1 is 1.44 bits per heavy atom. The predicted octanol–water partition coefficient (Wildman–Crippen LogP) is 1.32. The van der Waals surface area contributed by atoms with Crippen LogP contribution < -0.4 is 5.73 Å². The monoisotopic (exact) mass is 252 g/mol. The quantitative estimate of drug-likeness (QED) is 0.856. The number of rotatable bonds is 5. The summed E-state index contributed by atoms with van der Waals surface area (Å²) in [7, 11) is 0. The number of ether oxygens (including phenoxy) is 1. The first-order valence-electron chi connectivity index (χ1n) is 5.64. The molecule has 0 spiro atoms. The standard InChI is InChI=1S/C11H16N4O3/c1-7(2)16-6-11(3,12)10-13-9(18-15-10)8-4-5-17-14-8/h4-5,7H,6,12H2,1-3H3. The first kappa shape index (κ1) is 12.7. The van der Waals surface area contributed by atoms with Crippen molar-refractivity contribution in [3.05, 3.63) is 18.2 Å². The normalized spacial score (nSPS) is 14.9. The molecule has 7 nitrogen and oxygen atoms in total. The molecular weight excluding hydrogens is 236 g/mol. The van der Waals surface area contributed by atoms with E-state index in [4.69, 9.17) is 19.5 Å². The van der Waals surface area contributed by atoms with E-state index in [0.29, 0.717) is 18.1 Å². The molecular formula is C11H16N4O3. The first-order chi connectivity index (χ1) is 8.49. The fourth-order valence-electron chi connectivity index (χ4n) is 1.29. The van der Waals surface area contributed by atoms with Gasteiger partial charge in [-0.05, 0) is 20.8 Å². The van der Waals surface area contributed by atoms with Crippen LogP contribution in [0.15, 0.2) is 21.4 Å². The summed E-state index contributed by atoms with van der Waals surface area (Å²) in [6.07, 6.45) is 1.53. The largest absolute Gasteiger partial charge is 0.376 e. The third-order valence-corrected chi connectivity index (χ3v) is 2.31. The molecule has 0 aliphatic carbocycles. The Bertz CT molecular complexity index is 490. The van der Waals surface area contributed by atoms with E-state index in [0.717, 1.165) is 0 Å². The minimum atomic E-state index is -0.810. The van der Waals surface area contributed by atoms with Gasteiger partial charge >= 0.3 is 0 Å². The Balaban J connectivity index is 2.14. The van der Waals surface area contributed by atoms with Crippen molar-refractivity contribution in [2.75, 3.05) is 6.61 Å². The summed E-state index contributed by atoms with van der Waals surface area (Å²) in [5.74, 6) is 0.654. The van der Waals surface area contributed by atoms with E-state index in [-0.39, 0.29) is 12.0 Å². The fourth-order valence-corrected chi connectivity index (χ4v) is 1.29. The van der Waals surface area contributed by atoms with E-state index < -0.39 is 5.54 Å². The SMILES string of the molecule is CC(C)OCC(C)(N)c1noc(-c2ccon2)n1. The molecule has 2 rings (SSSR count). The molecule has 7 heteroatoms. The van der Waals surface area contributed by atoms with Crippen molar-refractivity contribution in [1.29, 1.82) is 0 Å². The van der Waals surface area contributed by atoms with Gasteiger partial charge in [-0.1, -0.05) is 10.3 Å². The van der Waals surface area contributed by atoms with Gasteiger partial charge in [-0.25, -0.2) is 0 Å². The maximum absolute atomic E-state index is 6.10. The molecule has 2 heterocycles. The lowest BCUT2D eigenvalue weighted by Gasteiger charge is -2.21. The smallest absolute Gasteiger partial charge is 0.280 e. The first-order valence-corrected chi connectivity index (χ1v) is 5.64. The number of nitrogens with zero attached hydrogens (tertiary/aromatic N) is 3. The lowest BCUT2D eigenvalue weighted by Crippen LogP contribution is -2.40. The zero-order valence-electron chi connectivity index (χ0n) is 10.6. The Hall–Kier alpha value is -1.73. The van der Waals surface area contributed by atoms with Gasteiger partial charge in [0, 0.05) is 6.07 Å². The zero-order chi connectivity index (χ0) is 13.2. The molecule has 2 aromatic rings. The summed E-state index contributed by atoms with van der Waals surface area (Å²) in [5.41, 5.74) is 5.77. The summed E-state index contributed by atoms with van der Waals surface area (Å²) in [4.78, 5) is 4.20. The molecule has 0 aliphatic heterocycles. The lowest BCUT2D eigenvalue weighted by molar-refractivity contribution is 0.0410. The van der Waals surface area contributed by atoms with Crippen molar-refractivity contribution in [1.82, 2.24) is 15.3 Å². The third-order valence-electron chi connectivity index (χ3n) is 2.31. The second-order valence-electron chi connectivity index (χ2n) is 4.59. The van der Waals surface area contributed by atoms with Crippen LogP contribution in [-0.2, 0) is 10.3 Å². The highest BCUT2D eigenvalue weighted by Gasteiger charge is 2.29. The van der Waals surface area contributed by atoms with Crippen molar-refractivity contribution >= 4 is 0 Å². The molecule has 0 saturated carbocycles. The number of aromatic nitrogens is 3. The summed E-state index contributed by atoms with van der Waals surface area (Å²) >= 11 is 0. The van der Waals surface area contributed by atoms with Crippen molar-refractivity contribution in [3.63, 3.8) is 0 Å². The maximum atomic E-state index is 6.10. The van der Waals surface area contributed by atoms with Crippen LogP contribution in [0.2, 0.25) is 0 Å². The van der Waals surface area contributed by atoms with Crippen molar-refractivity contribution < 1.29 is 13.8 Å². The van der Waals surface area contributed by atoms with Gasteiger partial charge in [-0.15, -0.1) is 0 Å². The van der Waals surface area contributed by atoms with Crippen LogP contribution in [-0.4, -0.2) is 28.0 Å². The van der Waals surface area contributed by atoms with Crippen LogP contribution in [0, 0.1) is 0 Å². The average molecular weight is 252 g/mol. The number of nitrogens with two attached hydrogens (primary N) is 1. The average Bonchev–Trinajstić information content (AvgIpc) is 2.96. The summed E-state index contributed by atoms with van der Waals surface area (Å²) in [6, 6.07) is 1.63. The van der Waals surface area contributed by atoms with E-state index in [2.05, 4.69) is 15.3 Å². The third kappa shape index (κ3) is 2.74. The van der Waals surface area contributed by atoms with Crippen LogP contribution in [0.25, 0.3) is 11.6 Å². The predicted molar refractivity (Wildman–Crippen MR) is 62.4 cm³/mol. The molecule has 0 fully saturated rings. The van der Waals surface area contributed by atoms with Crippen LogP contribution in [0.1, 0.15) is 26.6 Å². The summed E-state index contributed by atoms with van der Waals surface area (Å²) in [5, 5.41) is 7.56. The Morgan fingerprint density at radius 2 is 2.22 bits per heavy atom. The molecule has 0 aromatic carbocycles. The molecule has 2 aromatic heterocycles. The van der Waals surface area contributed by atoms with E-state index in [1.807, 2.05) is 13.8 Å². The van der Waals surface area contributed by atoms with Crippen LogP contribution >= 0.6 is 0 Å². The molecule has 0 saturated heterocycles. The zero-order valence-corrected chi connectivity index (χ0v) is 10.6. The van der Waals surface area contributed by atoms with Crippen LogP contribution in [0.4, 0.5) is 0 Å². The number of hydrogen-bond donors (Lipinski definition) is 1.